The van der Waals surface area contributed by atoms with E-state index in [1.165, 1.54) is 17.5 Å². The zero-order chi connectivity index (χ0) is 13.7. The highest BCUT2D eigenvalue weighted by atomic mass is 32.1. The number of benzene rings is 1. The van der Waals surface area contributed by atoms with Crippen LogP contribution in [0, 0.1) is 0 Å². The van der Waals surface area contributed by atoms with Crippen molar-refractivity contribution < 1.29 is 0 Å². The second-order valence-electron chi connectivity index (χ2n) is 4.91. The van der Waals surface area contributed by atoms with Crippen LogP contribution in [0.4, 0.5) is 0 Å². The van der Waals surface area contributed by atoms with Gasteiger partial charge in [-0.1, -0.05) is 51.0 Å². The molecule has 0 radical (unpaired) electrons. The van der Waals surface area contributed by atoms with Gasteiger partial charge in [-0.05, 0) is 18.4 Å². The maximum Gasteiger partial charge on any atom is 0.110 e. The fourth-order valence-corrected chi connectivity index (χ4v) is 3.02. The highest BCUT2D eigenvalue weighted by molar-refractivity contribution is 7.10. The Kier molecular flexibility index (Phi) is 5.11. The lowest BCUT2D eigenvalue weighted by atomic mass is 10.1. The van der Waals surface area contributed by atoms with Gasteiger partial charge in [0.25, 0.3) is 0 Å². The minimum absolute atomic E-state index is 0.0862. The smallest absolute Gasteiger partial charge is 0.110 e. The summed E-state index contributed by atoms with van der Waals surface area (Å²) < 4.78 is 0. The van der Waals surface area contributed by atoms with Crippen LogP contribution in [0.25, 0.3) is 11.3 Å². The van der Waals surface area contributed by atoms with Gasteiger partial charge in [0.05, 0.1) is 11.7 Å². The Morgan fingerprint density at radius 1 is 1.16 bits per heavy atom. The number of hydrogen-bond donors (Lipinski definition) is 1. The molecule has 0 saturated heterocycles. The molecule has 2 aromatic rings. The summed E-state index contributed by atoms with van der Waals surface area (Å²) in [6.07, 6.45) is 4.43. The van der Waals surface area contributed by atoms with Gasteiger partial charge in [0.15, 0.2) is 0 Å². The van der Waals surface area contributed by atoms with Crippen LogP contribution >= 0.6 is 11.3 Å². The predicted octanol–water partition coefficient (Wildman–Crippen LogP) is 4.56. The molecule has 1 aromatic carbocycles. The topological polar surface area (TPSA) is 38.9 Å². The standard InChI is InChI=1S/C16H22N2S/c1-3-5-12-7-9-13(10-8-12)15-11-19-16(18-15)14(17)6-4-2/h7-11,14H,3-6,17H2,1-2H3. The normalized spacial score (nSPS) is 12.6. The molecule has 1 aromatic heterocycles. The number of aryl methyl sites for hydroxylation is 1. The third-order valence-electron chi connectivity index (χ3n) is 3.23. The molecule has 0 bridgehead atoms. The SMILES string of the molecule is CCCc1ccc(-c2csc(C(N)CCC)n2)cc1. The maximum atomic E-state index is 6.11. The molecule has 0 amide bonds. The Morgan fingerprint density at radius 2 is 1.89 bits per heavy atom. The minimum Gasteiger partial charge on any atom is -0.322 e. The first-order valence-corrected chi connectivity index (χ1v) is 7.92. The molecule has 0 fully saturated rings. The third kappa shape index (κ3) is 3.64. The molecule has 102 valence electrons. The molecule has 0 aliphatic heterocycles. The molecule has 0 aliphatic rings. The lowest BCUT2D eigenvalue weighted by molar-refractivity contribution is 0.635. The van der Waals surface area contributed by atoms with Gasteiger partial charge < -0.3 is 5.73 Å². The number of nitrogens with zero attached hydrogens (tertiary/aromatic N) is 1. The van der Waals surface area contributed by atoms with Crippen molar-refractivity contribution in [3.05, 3.63) is 40.2 Å². The van der Waals surface area contributed by atoms with Crippen molar-refractivity contribution in [2.24, 2.45) is 5.73 Å². The summed E-state index contributed by atoms with van der Waals surface area (Å²) in [7, 11) is 0. The number of rotatable bonds is 6. The van der Waals surface area contributed by atoms with Gasteiger partial charge in [-0.15, -0.1) is 11.3 Å². The van der Waals surface area contributed by atoms with E-state index in [2.05, 4.69) is 48.5 Å². The van der Waals surface area contributed by atoms with Crippen molar-refractivity contribution >= 4 is 11.3 Å². The number of nitrogens with two attached hydrogens (primary N) is 1. The zero-order valence-electron chi connectivity index (χ0n) is 11.7. The van der Waals surface area contributed by atoms with Crippen molar-refractivity contribution in [1.29, 1.82) is 0 Å². The van der Waals surface area contributed by atoms with Crippen LogP contribution in [0.2, 0.25) is 0 Å². The summed E-state index contributed by atoms with van der Waals surface area (Å²) >= 11 is 1.67. The Hall–Kier alpha value is -1.19. The number of hydrogen-bond acceptors (Lipinski definition) is 3. The van der Waals surface area contributed by atoms with E-state index in [0.29, 0.717) is 0 Å². The van der Waals surface area contributed by atoms with E-state index in [1.807, 2.05) is 0 Å². The number of thiazole rings is 1. The first-order chi connectivity index (χ1) is 9.24. The fraction of sp³-hybridized carbons (Fsp3) is 0.438. The van der Waals surface area contributed by atoms with E-state index in [1.54, 1.807) is 11.3 Å². The van der Waals surface area contributed by atoms with Gasteiger partial charge in [-0.2, -0.15) is 0 Å². The van der Waals surface area contributed by atoms with Gasteiger partial charge in [-0.3, -0.25) is 0 Å². The minimum atomic E-state index is 0.0862. The van der Waals surface area contributed by atoms with Crippen LogP contribution in [0.5, 0.6) is 0 Å². The van der Waals surface area contributed by atoms with Crippen LogP contribution < -0.4 is 5.73 Å². The zero-order valence-corrected chi connectivity index (χ0v) is 12.5. The average molecular weight is 274 g/mol. The van der Waals surface area contributed by atoms with Crippen molar-refractivity contribution in [1.82, 2.24) is 4.98 Å². The quantitative estimate of drug-likeness (QED) is 0.838. The summed E-state index contributed by atoms with van der Waals surface area (Å²) in [4.78, 5) is 4.67. The van der Waals surface area contributed by atoms with Crippen LogP contribution in [-0.2, 0) is 6.42 Å². The summed E-state index contributed by atoms with van der Waals surface area (Å²) in [5.41, 5.74) is 9.74. The predicted molar refractivity (Wildman–Crippen MR) is 83.4 cm³/mol. The van der Waals surface area contributed by atoms with Crippen LogP contribution in [0.3, 0.4) is 0 Å². The Balaban J connectivity index is 2.13. The van der Waals surface area contributed by atoms with Gasteiger partial charge in [0.1, 0.15) is 5.01 Å². The Bertz CT molecular complexity index is 502. The van der Waals surface area contributed by atoms with E-state index in [9.17, 15) is 0 Å². The van der Waals surface area contributed by atoms with E-state index in [4.69, 9.17) is 5.73 Å². The average Bonchev–Trinajstić information content (AvgIpc) is 2.90. The molecule has 2 nitrogen and oxygen atoms in total. The van der Waals surface area contributed by atoms with E-state index in [0.717, 1.165) is 30.0 Å². The van der Waals surface area contributed by atoms with E-state index in [-0.39, 0.29) is 6.04 Å². The van der Waals surface area contributed by atoms with Gasteiger partial charge in [0, 0.05) is 10.9 Å². The second kappa shape index (κ2) is 6.83. The molecule has 19 heavy (non-hydrogen) atoms. The molecule has 1 unspecified atom stereocenters. The largest absolute Gasteiger partial charge is 0.322 e. The molecule has 2 rings (SSSR count). The fourth-order valence-electron chi connectivity index (χ4n) is 2.16. The van der Waals surface area contributed by atoms with Gasteiger partial charge in [-0.25, -0.2) is 4.98 Å². The second-order valence-corrected chi connectivity index (χ2v) is 5.80. The summed E-state index contributed by atoms with van der Waals surface area (Å²) in [5, 5.41) is 3.16. The molecule has 3 heteroatoms. The third-order valence-corrected chi connectivity index (χ3v) is 4.20. The van der Waals surface area contributed by atoms with Crippen molar-refractivity contribution in [2.45, 2.75) is 45.6 Å². The lowest BCUT2D eigenvalue weighted by Crippen LogP contribution is -2.09. The van der Waals surface area contributed by atoms with Crippen molar-refractivity contribution in [3.8, 4) is 11.3 Å². The van der Waals surface area contributed by atoms with Gasteiger partial charge >= 0.3 is 0 Å². The summed E-state index contributed by atoms with van der Waals surface area (Å²) in [6.45, 7) is 4.36. The van der Waals surface area contributed by atoms with Crippen LogP contribution in [0.1, 0.15) is 49.7 Å². The molecule has 0 spiro atoms. The monoisotopic (exact) mass is 274 g/mol. The van der Waals surface area contributed by atoms with Crippen LogP contribution in [0.15, 0.2) is 29.6 Å². The van der Waals surface area contributed by atoms with Gasteiger partial charge in [0.2, 0.25) is 0 Å². The molecule has 1 atom stereocenters. The lowest BCUT2D eigenvalue weighted by Gasteiger charge is -2.05. The first-order valence-electron chi connectivity index (χ1n) is 7.05. The highest BCUT2D eigenvalue weighted by Crippen LogP contribution is 2.26. The molecule has 2 N–H and O–H groups in total. The van der Waals surface area contributed by atoms with Crippen molar-refractivity contribution in [3.63, 3.8) is 0 Å². The first kappa shape index (κ1) is 14.2. The molecule has 0 aliphatic carbocycles. The molecular formula is C16H22N2S. The summed E-state index contributed by atoms with van der Waals surface area (Å²) in [6, 6.07) is 8.81. The van der Waals surface area contributed by atoms with Crippen molar-refractivity contribution in [2.75, 3.05) is 0 Å². The maximum absolute atomic E-state index is 6.11. The van der Waals surface area contributed by atoms with E-state index >= 15 is 0 Å². The highest BCUT2D eigenvalue weighted by Gasteiger charge is 2.10. The molecule has 0 saturated carbocycles. The Labute approximate surface area is 119 Å². The molecule has 1 heterocycles. The summed E-state index contributed by atoms with van der Waals surface area (Å²) in [5.74, 6) is 0. The number of aromatic nitrogens is 1. The van der Waals surface area contributed by atoms with Crippen LogP contribution in [-0.4, -0.2) is 4.98 Å². The van der Waals surface area contributed by atoms with E-state index < -0.39 is 0 Å². The Morgan fingerprint density at radius 3 is 2.53 bits per heavy atom. The molecular weight excluding hydrogens is 252 g/mol.